The van der Waals surface area contributed by atoms with Gasteiger partial charge in [0, 0.05) is 10.9 Å². The summed E-state index contributed by atoms with van der Waals surface area (Å²) in [5, 5.41) is 37.5. The Balaban J connectivity index is 2.31. The Morgan fingerprint density at radius 1 is 1.15 bits per heavy atom. The van der Waals surface area contributed by atoms with E-state index in [1.165, 1.54) is 18.2 Å². The van der Waals surface area contributed by atoms with Gasteiger partial charge in [-0.25, -0.2) is 4.79 Å². The highest BCUT2D eigenvalue weighted by atomic mass is 16.4. The molecule has 0 saturated carbocycles. The summed E-state index contributed by atoms with van der Waals surface area (Å²) in [6.07, 6.45) is -3.37. The van der Waals surface area contributed by atoms with E-state index in [0.717, 1.165) is 0 Å². The van der Waals surface area contributed by atoms with Gasteiger partial charge in [0.05, 0.1) is 12.5 Å². The fourth-order valence-electron chi connectivity index (χ4n) is 1.96. The number of carboxylic acid groups (broad SMARTS) is 2. The Hall–Kier alpha value is -2.38. The number of aliphatic hydroxyl groups is 2. The molecule has 1 aromatic heterocycles. The maximum absolute atomic E-state index is 10.8. The third-order valence-corrected chi connectivity index (χ3v) is 2.97. The van der Waals surface area contributed by atoms with Gasteiger partial charge in [-0.15, -0.1) is 0 Å². The molecule has 0 aliphatic rings. The number of nitrogens with one attached hydrogen (secondary N) is 1. The van der Waals surface area contributed by atoms with Crippen LogP contribution >= 0.6 is 0 Å². The number of aromatic amines is 1. The van der Waals surface area contributed by atoms with Crippen molar-refractivity contribution in [1.29, 1.82) is 0 Å². The number of aromatic carboxylic acids is 1. The number of rotatable bonds is 5. The highest BCUT2D eigenvalue weighted by Gasteiger charge is 2.21. The Labute approximate surface area is 113 Å². The maximum atomic E-state index is 10.8. The zero-order valence-corrected chi connectivity index (χ0v) is 10.3. The summed E-state index contributed by atoms with van der Waals surface area (Å²) < 4.78 is 0. The van der Waals surface area contributed by atoms with Gasteiger partial charge in [0.15, 0.2) is 0 Å². The van der Waals surface area contributed by atoms with Crippen molar-refractivity contribution in [3.05, 3.63) is 35.5 Å². The molecule has 0 saturated heterocycles. The topological polar surface area (TPSA) is 131 Å². The van der Waals surface area contributed by atoms with E-state index in [-0.39, 0.29) is 5.69 Å². The zero-order chi connectivity index (χ0) is 14.9. The van der Waals surface area contributed by atoms with Crippen LogP contribution in [0.15, 0.2) is 24.3 Å². The minimum atomic E-state index is -1.43. The molecule has 7 heteroatoms. The SMILES string of the molecule is O=C(O)CC(O)C(O)c1ccc2cc(C(=O)O)[nH]c2c1. The van der Waals surface area contributed by atoms with Crippen LogP contribution in [-0.2, 0) is 4.79 Å². The second kappa shape index (κ2) is 5.32. The molecule has 2 unspecified atom stereocenters. The summed E-state index contributed by atoms with van der Waals surface area (Å²) in [5.74, 6) is -2.32. The predicted molar refractivity (Wildman–Crippen MR) is 68.5 cm³/mol. The fraction of sp³-hybridized carbons (Fsp3) is 0.231. The molecule has 5 N–H and O–H groups in total. The van der Waals surface area contributed by atoms with Crippen LogP contribution in [0.25, 0.3) is 10.9 Å². The van der Waals surface area contributed by atoms with Crippen LogP contribution in [-0.4, -0.2) is 43.5 Å². The summed E-state index contributed by atoms with van der Waals surface area (Å²) in [6.45, 7) is 0. The van der Waals surface area contributed by atoms with Crippen molar-refractivity contribution in [2.45, 2.75) is 18.6 Å². The number of H-pyrrole nitrogens is 1. The summed E-state index contributed by atoms with van der Waals surface area (Å²) in [4.78, 5) is 24.0. The van der Waals surface area contributed by atoms with Gasteiger partial charge >= 0.3 is 11.9 Å². The van der Waals surface area contributed by atoms with E-state index in [1.807, 2.05) is 0 Å². The number of aliphatic carboxylic acids is 1. The van der Waals surface area contributed by atoms with Gasteiger partial charge in [-0.2, -0.15) is 0 Å². The molecule has 1 aromatic carbocycles. The van der Waals surface area contributed by atoms with Crippen LogP contribution in [0, 0.1) is 0 Å². The fourth-order valence-corrected chi connectivity index (χ4v) is 1.96. The quantitative estimate of drug-likeness (QED) is 0.548. The van der Waals surface area contributed by atoms with Crippen molar-refractivity contribution >= 4 is 22.8 Å². The van der Waals surface area contributed by atoms with Gasteiger partial charge < -0.3 is 25.4 Å². The van der Waals surface area contributed by atoms with Crippen molar-refractivity contribution in [1.82, 2.24) is 4.98 Å². The minimum Gasteiger partial charge on any atom is -0.481 e. The van der Waals surface area contributed by atoms with Crippen LogP contribution in [0.4, 0.5) is 0 Å². The highest BCUT2D eigenvalue weighted by Crippen LogP contribution is 2.24. The molecule has 0 spiro atoms. The molecule has 2 rings (SSSR count). The Kier molecular flexibility index (Phi) is 3.73. The first kappa shape index (κ1) is 14.0. The molecule has 0 radical (unpaired) electrons. The standard InChI is InChI=1S/C13H13NO6/c15-10(5-11(16)17)12(18)7-2-1-6-3-9(13(19)20)14-8(6)4-7/h1-4,10,12,14-15,18H,5H2,(H,16,17)(H,19,20). The van der Waals surface area contributed by atoms with E-state index in [0.29, 0.717) is 16.5 Å². The van der Waals surface area contributed by atoms with E-state index >= 15 is 0 Å². The number of aliphatic hydroxyl groups excluding tert-OH is 2. The molecular weight excluding hydrogens is 266 g/mol. The third-order valence-electron chi connectivity index (χ3n) is 2.97. The first-order valence-corrected chi connectivity index (χ1v) is 5.82. The first-order chi connectivity index (χ1) is 9.38. The Morgan fingerprint density at radius 3 is 2.45 bits per heavy atom. The van der Waals surface area contributed by atoms with Crippen LogP contribution in [0.3, 0.4) is 0 Å². The van der Waals surface area contributed by atoms with Gasteiger partial charge in [0.2, 0.25) is 0 Å². The average Bonchev–Trinajstić information content (AvgIpc) is 2.79. The number of hydrogen-bond acceptors (Lipinski definition) is 4. The van der Waals surface area contributed by atoms with Crippen LogP contribution in [0.5, 0.6) is 0 Å². The minimum absolute atomic E-state index is 0.0118. The monoisotopic (exact) mass is 279 g/mol. The summed E-state index contributed by atoms with van der Waals surface area (Å²) >= 11 is 0. The second-order valence-electron chi connectivity index (χ2n) is 4.44. The summed E-state index contributed by atoms with van der Waals surface area (Å²) in [5.41, 5.74) is 0.809. The number of aromatic nitrogens is 1. The van der Waals surface area contributed by atoms with Crippen molar-refractivity contribution in [2.24, 2.45) is 0 Å². The molecule has 20 heavy (non-hydrogen) atoms. The molecule has 1 heterocycles. The first-order valence-electron chi connectivity index (χ1n) is 5.82. The second-order valence-corrected chi connectivity index (χ2v) is 4.44. The van der Waals surface area contributed by atoms with Gasteiger partial charge in [-0.05, 0) is 17.7 Å². The van der Waals surface area contributed by atoms with Crippen molar-refractivity contribution in [2.75, 3.05) is 0 Å². The zero-order valence-electron chi connectivity index (χ0n) is 10.3. The third kappa shape index (κ3) is 2.79. The molecular formula is C13H13NO6. The van der Waals surface area contributed by atoms with Gasteiger partial charge in [0.25, 0.3) is 0 Å². The van der Waals surface area contributed by atoms with Crippen LogP contribution < -0.4 is 0 Å². The van der Waals surface area contributed by atoms with E-state index in [4.69, 9.17) is 10.2 Å². The molecule has 0 fully saturated rings. The molecule has 2 atom stereocenters. The molecule has 106 valence electrons. The molecule has 7 nitrogen and oxygen atoms in total. The van der Waals surface area contributed by atoms with Gasteiger partial charge in [-0.1, -0.05) is 12.1 Å². The number of hydrogen-bond donors (Lipinski definition) is 5. The van der Waals surface area contributed by atoms with Crippen LogP contribution in [0.2, 0.25) is 0 Å². The van der Waals surface area contributed by atoms with Crippen LogP contribution in [0.1, 0.15) is 28.6 Å². The average molecular weight is 279 g/mol. The lowest BCUT2D eigenvalue weighted by Crippen LogP contribution is -2.21. The highest BCUT2D eigenvalue weighted by molar-refractivity contribution is 5.93. The summed E-state index contributed by atoms with van der Waals surface area (Å²) in [7, 11) is 0. The number of carbonyl (C=O) groups is 2. The molecule has 0 aliphatic carbocycles. The Bertz CT molecular complexity index is 662. The van der Waals surface area contributed by atoms with E-state index < -0.39 is 30.6 Å². The predicted octanol–water partition coefficient (Wildman–Crippen LogP) is 0.735. The van der Waals surface area contributed by atoms with Gasteiger partial charge in [-0.3, -0.25) is 4.79 Å². The number of carboxylic acids is 2. The van der Waals surface area contributed by atoms with E-state index in [2.05, 4.69) is 4.98 Å². The lowest BCUT2D eigenvalue weighted by molar-refractivity contribution is -0.141. The van der Waals surface area contributed by atoms with Crippen molar-refractivity contribution < 1.29 is 30.0 Å². The number of benzene rings is 1. The maximum Gasteiger partial charge on any atom is 0.352 e. The largest absolute Gasteiger partial charge is 0.481 e. The Morgan fingerprint density at radius 2 is 1.85 bits per heavy atom. The molecule has 0 amide bonds. The lowest BCUT2D eigenvalue weighted by Gasteiger charge is -2.16. The van der Waals surface area contributed by atoms with E-state index in [1.54, 1.807) is 6.07 Å². The normalized spacial score (nSPS) is 14.1. The van der Waals surface area contributed by atoms with E-state index in [9.17, 15) is 19.8 Å². The van der Waals surface area contributed by atoms with Crippen molar-refractivity contribution in [3.8, 4) is 0 Å². The molecule has 0 aliphatic heterocycles. The molecule has 2 aromatic rings. The van der Waals surface area contributed by atoms with Gasteiger partial charge in [0.1, 0.15) is 11.8 Å². The van der Waals surface area contributed by atoms with Crippen molar-refractivity contribution in [3.63, 3.8) is 0 Å². The lowest BCUT2D eigenvalue weighted by atomic mass is 10.0. The summed E-state index contributed by atoms with van der Waals surface area (Å²) in [6, 6.07) is 6.03. The molecule has 0 bridgehead atoms. The smallest absolute Gasteiger partial charge is 0.352 e. The number of fused-ring (bicyclic) bond motifs is 1.